The topological polar surface area (TPSA) is 29.5 Å². The number of esters is 1. The molecule has 0 aliphatic rings. The van der Waals surface area contributed by atoms with Crippen molar-refractivity contribution in [3.8, 4) is 0 Å². The molecule has 1 aromatic rings. The van der Waals surface area contributed by atoms with Crippen LogP contribution in [-0.2, 0) is 4.74 Å². The Bertz CT molecular complexity index is 405. The molecule has 0 fully saturated rings. The van der Waals surface area contributed by atoms with E-state index in [2.05, 4.69) is 18.7 Å². The van der Waals surface area contributed by atoms with Gasteiger partial charge in [0.05, 0.1) is 5.56 Å². The molecular formula is C16H25ClFNO2. The molecule has 0 saturated carbocycles. The van der Waals surface area contributed by atoms with E-state index in [1.165, 1.54) is 24.3 Å². The average Bonchev–Trinajstić information content (AvgIpc) is 2.45. The molecule has 120 valence electrons. The standard InChI is InChI=1S/C16H24FNO2.ClH/c1-4-11-18(12-5-2)15(6-3)20-16(19)13-7-9-14(17)10-8-13;/h7-10,15H,4-6,11-12H2,1-3H3;1H. The number of ether oxygens (including phenoxy) is 1. The average molecular weight is 318 g/mol. The molecule has 3 nitrogen and oxygen atoms in total. The molecule has 0 N–H and O–H groups in total. The van der Waals surface area contributed by atoms with Gasteiger partial charge in [-0.25, -0.2) is 9.18 Å². The summed E-state index contributed by atoms with van der Waals surface area (Å²) in [5, 5.41) is 0. The van der Waals surface area contributed by atoms with E-state index in [1.807, 2.05) is 6.92 Å². The zero-order valence-electron chi connectivity index (χ0n) is 13.0. The van der Waals surface area contributed by atoms with Gasteiger partial charge in [-0.15, -0.1) is 12.4 Å². The fourth-order valence-corrected chi connectivity index (χ4v) is 2.17. The van der Waals surface area contributed by atoms with E-state index < -0.39 is 5.97 Å². The highest BCUT2D eigenvalue weighted by Gasteiger charge is 2.20. The smallest absolute Gasteiger partial charge is 0.339 e. The van der Waals surface area contributed by atoms with E-state index in [1.54, 1.807) is 0 Å². The van der Waals surface area contributed by atoms with Gasteiger partial charge in [-0.2, -0.15) is 0 Å². The van der Waals surface area contributed by atoms with Crippen molar-refractivity contribution < 1.29 is 13.9 Å². The first kappa shape index (κ1) is 19.9. The van der Waals surface area contributed by atoms with Gasteiger partial charge in [0.15, 0.2) is 6.23 Å². The maximum absolute atomic E-state index is 12.8. The number of benzene rings is 1. The van der Waals surface area contributed by atoms with Gasteiger partial charge in [0.1, 0.15) is 5.82 Å². The van der Waals surface area contributed by atoms with Crippen LogP contribution in [0.5, 0.6) is 0 Å². The second-order valence-corrected chi connectivity index (χ2v) is 4.81. The minimum atomic E-state index is -0.394. The third-order valence-electron chi connectivity index (χ3n) is 3.10. The van der Waals surface area contributed by atoms with Crippen LogP contribution in [0.1, 0.15) is 50.4 Å². The minimum absolute atomic E-state index is 0. The van der Waals surface area contributed by atoms with Gasteiger partial charge in [0.2, 0.25) is 0 Å². The molecule has 1 atom stereocenters. The highest BCUT2D eigenvalue weighted by molar-refractivity contribution is 5.89. The summed E-state index contributed by atoms with van der Waals surface area (Å²) < 4.78 is 18.4. The fourth-order valence-electron chi connectivity index (χ4n) is 2.17. The Kier molecular flexibility index (Phi) is 10.0. The molecule has 0 aliphatic heterocycles. The predicted octanol–water partition coefficient (Wildman–Crippen LogP) is 4.26. The zero-order valence-corrected chi connectivity index (χ0v) is 13.8. The molecule has 1 unspecified atom stereocenters. The summed E-state index contributed by atoms with van der Waals surface area (Å²) in [7, 11) is 0. The molecule has 0 heterocycles. The molecule has 0 radical (unpaired) electrons. The van der Waals surface area contributed by atoms with Crippen LogP contribution in [0.3, 0.4) is 0 Å². The van der Waals surface area contributed by atoms with Crippen LogP contribution in [0.4, 0.5) is 4.39 Å². The number of carbonyl (C=O) groups excluding carboxylic acids is 1. The van der Waals surface area contributed by atoms with Gasteiger partial charge in [0.25, 0.3) is 0 Å². The largest absolute Gasteiger partial charge is 0.443 e. The lowest BCUT2D eigenvalue weighted by Gasteiger charge is -2.30. The van der Waals surface area contributed by atoms with Crippen LogP contribution in [0.2, 0.25) is 0 Å². The lowest BCUT2D eigenvalue weighted by molar-refractivity contribution is -0.0346. The number of hydrogen-bond acceptors (Lipinski definition) is 3. The summed E-state index contributed by atoms with van der Waals surface area (Å²) in [6.07, 6.45) is 2.56. The van der Waals surface area contributed by atoms with Crippen LogP contribution in [-0.4, -0.2) is 30.2 Å². The summed E-state index contributed by atoms with van der Waals surface area (Å²) in [6, 6.07) is 5.45. The van der Waals surface area contributed by atoms with Crippen molar-refractivity contribution in [1.82, 2.24) is 4.90 Å². The molecule has 1 aromatic carbocycles. The summed E-state index contributed by atoms with van der Waals surface area (Å²) in [4.78, 5) is 14.2. The van der Waals surface area contributed by atoms with E-state index in [9.17, 15) is 9.18 Å². The molecule has 0 saturated heterocycles. The summed E-state index contributed by atoms with van der Waals surface area (Å²) in [6.45, 7) is 8.03. The van der Waals surface area contributed by atoms with Gasteiger partial charge in [-0.05, 0) is 43.5 Å². The lowest BCUT2D eigenvalue weighted by atomic mass is 10.2. The van der Waals surface area contributed by atoms with Gasteiger partial charge >= 0.3 is 5.97 Å². The first-order chi connectivity index (χ1) is 9.62. The molecule has 5 heteroatoms. The van der Waals surface area contributed by atoms with E-state index in [0.717, 1.165) is 32.4 Å². The van der Waals surface area contributed by atoms with Crippen molar-refractivity contribution in [2.24, 2.45) is 0 Å². The number of carbonyl (C=O) groups is 1. The highest BCUT2D eigenvalue weighted by atomic mass is 35.5. The molecule has 0 aromatic heterocycles. The maximum Gasteiger partial charge on any atom is 0.339 e. The SMILES string of the molecule is CCCN(CCC)C(CC)OC(=O)c1ccc(F)cc1.Cl. The van der Waals surface area contributed by atoms with E-state index in [0.29, 0.717) is 5.56 Å². The Morgan fingerprint density at radius 2 is 1.67 bits per heavy atom. The van der Waals surface area contributed by atoms with Gasteiger partial charge in [-0.3, -0.25) is 4.90 Å². The molecule has 21 heavy (non-hydrogen) atoms. The van der Waals surface area contributed by atoms with Crippen molar-refractivity contribution in [1.29, 1.82) is 0 Å². The highest BCUT2D eigenvalue weighted by Crippen LogP contribution is 2.12. The van der Waals surface area contributed by atoms with E-state index >= 15 is 0 Å². The Labute approximate surface area is 132 Å². The van der Waals surface area contributed by atoms with Crippen LogP contribution < -0.4 is 0 Å². The Morgan fingerprint density at radius 1 is 1.14 bits per heavy atom. The molecule has 0 spiro atoms. The number of hydrogen-bond donors (Lipinski definition) is 0. The summed E-state index contributed by atoms with van der Waals surface area (Å²) in [5.41, 5.74) is 0.387. The molecule has 1 rings (SSSR count). The predicted molar refractivity (Wildman–Crippen MR) is 85.3 cm³/mol. The van der Waals surface area contributed by atoms with Crippen LogP contribution in [0, 0.1) is 5.82 Å². The van der Waals surface area contributed by atoms with E-state index in [-0.39, 0.29) is 24.5 Å². The zero-order chi connectivity index (χ0) is 15.0. The first-order valence-corrected chi connectivity index (χ1v) is 7.32. The second-order valence-electron chi connectivity index (χ2n) is 4.81. The van der Waals surface area contributed by atoms with Gasteiger partial charge in [-0.1, -0.05) is 20.8 Å². The number of nitrogens with zero attached hydrogens (tertiary/aromatic N) is 1. The van der Waals surface area contributed by atoms with Gasteiger partial charge < -0.3 is 4.74 Å². The quantitative estimate of drug-likeness (QED) is 0.530. The molecule has 0 amide bonds. The Balaban J connectivity index is 0.00000400. The monoisotopic (exact) mass is 317 g/mol. The maximum atomic E-state index is 12.8. The van der Waals surface area contributed by atoms with Crippen LogP contribution >= 0.6 is 12.4 Å². The second kappa shape index (κ2) is 10.6. The van der Waals surface area contributed by atoms with Crippen LogP contribution in [0.25, 0.3) is 0 Å². The first-order valence-electron chi connectivity index (χ1n) is 7.32. The van der Waals surface area contributed by atoms with Crippen LogP contribution in [0.15, 0.2) is 24.3 Å². The van der Waals surface area contributed by atoms with Crippen molar-refractivity contribution in [3.05, 3.63) is 35.6 Å². The van der Waals surface area contributed by atoms with Crippen molar-refractivity contribution in [2.75, 3.05) is 13.1 Å². The Hall–Kier alpha value is -1.13. The third kappa shape index (κ3) is 6.44. The number of rotatable bonds is 8. The minimum Gasteiger partial charge on any atom is -0.443 e. The summed E-state index contributed by atoms with van der Waals surface area (Å²) >= 11 is 0. The van der Waals surface area contributed by atoms with Crippen molar-refractivity contribution >= 4 is 18.4 Å². The number of halogens is 2. The normalized spacial score (nSPS) is 11.9. The molecule has 0 bridgehead atoms. The van der Waals surface area contributed by atoms with Crippen molar-refractivity contribution in [3.63, 3.8) is 0 Å². The Morgan fingerprint density at radius 3 is 2.10 bits per heavy atom. The van der Waals surface area contributed by atoms with Crippen molar-refractivity contribution in [2.45, 2.75) is 46.3 Å². The third-order valence-corrected chi connectivity index (χ3v) is 3.10. The lowest BCUT2D eigenvalue weighted by Crippen LogP contribution is -2.39. The summed E-state index contributed by atoms with van der Waals surface area (Å²) in [5.74, 6) is -0.749. The molecule has 0 aliphatic carbocycles. The fraction of sp³-hybridized carbons (Fsp3) is 0.562. The van der Waals surface area contributed by atoms with Gasteiger partial charge in [0, 0.05) is 13.1 Å². The molecular weight excluding hydrogens is 293 g/mol. The van der Waals surface area contributed by atoms with E-state index in [4.69, 9.17) is 4.74 Å².